The summed E-state index contributed by atoms with van der Waals surface area (Å²) in [7, 11) is 1.51. The first-order valence-corrected chi connectivity index (χ1v) is 44.4. The molecule has 0 radical (unpaired) electrons. The molecule has 1 N–H and O–H groups in total. The van der Waals surface area contributed by atoms with Crippen LogP contribution in [0.25, 0.3) is 0 Å². The number of hydrogen-bond acceptors (Lipinski definition) is 7. The van der Waals surface area contributed by atoms with Gasteiger partial charge in [0.2, 0.25) is 0 Å². The molecule has 0 aliphatic heterocycles. The van der Waals surface area contributed by atoms with Gasteiger partial charge in [0, 0.05) is 12.8 Å². The molecule has 0 aliphatic carbocycles. The van der Waals surface area contributed by atoms with Crippen LogP contribution >= 0.6 is 7.82 Å². The van der Waals surface area contributed by atoms with Gasteiger partial charge in [-0.15, -0.1) is 0 Å². The van der Waals surface area contributed by atoms with Crippen molar-refractivity contribution in [1.29, 1.82) is 0 Å². The molecule has 0 amide bonds. The zero-order valence-corrected chi connectivity index (χ0v) is 65.9. The molecule has 0 heterocycles. The van der Waals surface area contributed by atoms with E-state index in [-0.39, 0.29) is 25.6 Å². The average molecular weight is 1360 g/mol. The van der Waals surface area contributed by atoms with E-state index in [4.69, 9.17) is 18.5 Å². The van der Waals surface area contributed by atoms with Crippen LogP contribution in [-0.4, -0.2) is 74.9 Å². The highest BCUT2D eigenvalue weighted by Gasteiger charge is 2.27. The minimum absolute atomic E-state index is 0.0368. The van der Waals surface area contributed by atoms with Gasteiger partial charge in [-0.25, -0.2) is 4.57 Å². The van der Waals surface area contributed by atoms with Crippen LogP contribution in [-0.2, 0) is 32.7 Å². The zero-order chi connectivity index (χ0) is 69.0. The van der Waals surface area contributed by atoms with Gasteiger partial charge in [0.05, 0.1) is 27.7 Å². The Bertz CT molecular complexity index is 1600. The van der Waals surface area contributed by atoms with Crippen molar-refractivity contribution >= 4 is 19.8 Å². The molecule has 0 spiro atoms. The first kappa shape index (κ1) is 93.8. The van der Waals surface area contributed by atoms with E-state index in [1.54, 1.807) is 0 Å². The van der Waals surface area contributed by atoms with Crippen molar-refractivity contribution in [3.63, 3.8) is 0 Å². The van der Waals surface area contributed by atoms with Gasteiger partial charge in [-0.1, -0.05) is 431 Å². The van der Waals surface area contributed by atoms with Gasteiger partial charge in [-0.05, 0) is 38.5 Å². The minimum atomic E-state index is -4.39. The van der Waals surface area contributed by atoms with Crippen LogP contribution in [0.5, 0.6) is 0 Å². The maximum absolute atomic E-state index is 12.9. The molecular weight excluding hydrogens is 1190 g/mol. The second-order valence-electron chi connectivity index (χ2n) is 30.9. The van der Waals surface area contributed by atoms with Crippen molar-refractivity contribution in [3.8, 4) is 0 Å². The summed E-state index contributed by atoms with van der Waals surface area (Å²) in [6.45, 7) is 4.54. The quantitative estimate of drug-likeness (QED) is 0.0211. The number of rotatable bonds is 82. The summed E-state index contributed by atoms with van der Waals surface area (Å²) in [6.07, 6.45) is 98.3. The normalized spacial score (nSPS) is 12.9. The Morgan fingerprint density at radius 2 is 0.537 bits per heavy atom. The van der Waals surface area contributed by atoms with Crippen LogP contribution in [0.1, 0.15) is 470 Å². The fraction of sp³-hybridized carbons (Fsp3) is 0.953. The first-order valence-electron chi connectivity index (χ1n) is 42.9. The second-order valence-corrected chi connectivity index (χ2v) is 32.4. The highest BCUT2D eigenvalue weighted by atomic mass is 31.2. The smallest absolute Gasteiger partial charge is 0.462 e. The van der Waals surface area contributed by atoms with Crippen LogP contribution in [0.4, 0.5) is 0 Å². The van der Waals surface area contributed by atoms with Crippen molar-refractivity contribution in [1.82, 2.24) is 0 Å². The van der Waals surface area contributed by atoms with Gasteiger partial charge in [0.15, 0.2) is 6.10 Å². The average Bonchev–Trinajstić information content (AvgIpc) is 2.29. The third-order valence-electron chi connectivity index (χ3n) is 20.0. The number of carbonyl (C=O) groups excluding carboxylic acids is 2. The number of ether oxygens (including phenoxy) is 2. The Balaban J connectivity index is 3.84. The van der Waals surface area contributed by atoms with Crippen LogP contribution in [0.2, 0.25) is 0 Å². The van der Waals surface area contributed by atoms with E-state index < -0.39 is 26.5 Å². The molecule has 0 saturated carbocycles. The third-order valence-corrected chi connectivity index (χ3v) is 21.0. The lowest BCUT2D eigenvalue weighted by Crippen LogP contribution is -2.37. The van der Waals surface area contributed by atoms with Gasteiger partial charge in [-0.3, -0.25) is 18.6 Å². The van der Waals surface area contributed by atoms with Gasteiger partial charge >= 0.3 is 19.8 Å². The summed E-state index contributed by atoms with van der Waals surface area (Å²) in [6, 6.07) is 0. The summed E-state index contributed by atoms with van der Waals surface area (Å²) in [5.41, 5.74) is 0. The van der Waals surface area contributed by atoms with Crippen LogP contribution in [0.3, 0.4) is 0 Å². The van der Waals surface area contributed by atoms with Gasteiger partial charge in [0.25, 0.3) is 0 Å². The van der Waals surface area contributed by atoms with E-state index >= 15 is 0 Å². The van der Waals surface area contributed by atoms with Crippen LogP contribution in [0.15, 0.2) is 12.2 Å². The number of nitrogens with zero attached hydrogens (tertiary/aromatic N) is 1. The fourth-order valence-corrected chi connectivity index (χ4v) is 14.2. The Morgan fingerprint density at radius 1 is 0.316 bits per heavy atom. The van der Waals surface area contributed by atoms with E-state index in [2.05, 4.69) is 26.0 Å². The molecule has 2 atom stereocenters. The summed E-state index contributed by atoms with van der Waals surface area (Å²) in [5.74, 6) is -0.766. The number of esters is 2. The van der Waals surface area contributed by atoms with E-state index in [0.717, 1.165) is 38.5 Å². The Hall–Kier alpha value is -1.25. The molecular formula is C85H169NO8P+. The van der Waals surface area contributed by atoms with Gasteiger partial charge < -0.3 is 18.9 Å². The molecule has 0 aromatic rings. The number of hydrogen-bond donors (Lipinski definition) is 1. The Morgan fingerprint density at radius 3 is 0.779 bits per heavy atom. The van der Waals surface area contributed by atoms with Crippen LogP contribution in [0, 0.1) is 0 Å². The van der Waals surface area contributed by atoms with Crippen molar-refractivity contribution in [2.45, 2.75) is 476 Å². The largest absolute Gasteiger partial charge is 0.472 e. The highest BCUT2D eigenvalue weighted by molar-refractivity contribution is 7.47. The molecule has 95 heavy (non-hydrogen) atoms. The zero-order valence-electron chi connectivity index (χ0n) is 65.0. The Kier molecular flexibility index (Phi) is 75.9. The molecule has 10 heteroatoms. The standard InChI is InChI=1S/C85H168NO8P/c1-6-8-10-12-14-16-18-20-22-24-26-28-30-32-34-36-38-39-40-41-42-43-44-45-46-48-49-51-53-55-57-59-61-63-65-67-69-71-73-75-77-84(87)91-81-83(82-93-95(89,90)92-80-79-86(3,4)5)94-85(88)78-76-74-72-70-68-66-64-62-60-58-56-54-52-50-47-37-35-33-31-29-27-25-23-21-19-17-15-13-11-9-7-2/h25,27,83H,6-24,26,28-82H2,1-5H3/p+1/b27-25-. The number of quaternary nitrogens is 1. The highest BCUT2D eigenvalue weighted by Crippen LogP contribution is 2.43. The number of carbonyl (C=O) groups is 2. The number of allylic oxidation sites excluding steroid dienone is 2. The SMILES string of the molecule is CCCCCCCCCC/C=C\CCCCCCCCCCCCCCCCCCCCCC(=O)OC(COC(=O)CCCCCCCCCCCCCCCCCCCCCCCCCCCCCCCCCCCCCCCCCC)COP(=O)(O)OCC[N+](C)(C)C. The second kappa shape index (κ2) is 76.9. The lowest BCUT2D eigenvalue weighted by atomic mass is 10.0. The molecule has 566 valence electrons. The predicted molar refractivity (Wildman–Crippen MR) is 414 cm³/mol. The maximum atomic E-state index is 12.9. The third kappa shape index (κ3) is 81.6. The summed E-state index contributed by atoms with van der Waals surface area (Å²) in [5, 5.41) is 0. The number of unbranched alkanes of at least 4 members (excludes halogenated alkanes) is 66. The molecule has 0 aliphatic rings. The van der Waals surface area contributed by atoms with Crippen LogP contribution < -0.4 is 0 Å². The maximum Gasteiger partial charge on any atom is 0.472 e. The van der Waals surface area contributed by atoms with Crippen molar-refractivity contribution in [2.75, 3.05) is 47.5 Å². The number of likely N-dealkylation sites (N-methyl/N-ethyl adjacent to an activating group) is 1. The van der Waals surface area contributed by atoms with E-state index in [1.165, 1.54) is 405 Å². The molecule has 0 bridgehead atoms. The number of phosphoric acid groups is 1. The molecule has 2 unspecified atom stereocenters. The minimum Gasteiger partial charge on any atom is -0.462 e. The van der Waals surface area contributed by atoms with E-state index in [1.807, 2.05) is 21.1 Å². The van der Waals surface area contributed by atoms with Crippen molar-refractivity contribution in [3.05, 3.63) is 12.2 Å². The molecule has 0 rings (SSSR count). The number of phosphoric ester groups is 1. The summed E-state index contributed by atoms with van der Waals surface area (Å²) >= 11 is 0. The van der Waals surface area contributed by atoms with E-state index in [9.17, 15) is 19.0 Å². The molecule has 0 aromatic carbocycles. The molecule has 0 aromatic heterocycles. The van der Waals surface area contributed by atoms with Gasteiger partial charge in [-0.2, -0.15) is 0 Å². The fourth-order valence-electron chi connectivity index (χ4n) is 13.5. The molecule has 0 saturated heterocycles. The van der Waals surface area contributed by atoms with Crippen molar-refractivity contribution in [2.24, 2.45) is 0 Å². The molecule has 9 nitrogen and oxygen atoms in total. The topological polar surface area (TPSA) is 108 Å². The Labute approximate surface area is 594 Å². The molecule has 0 fully saturated rings. The monoisotopic (exact) mass is 1360 g/mol. The predicted octanol–water partition coefficient (Wildman–Crippen LogP) is 28.6. The lowest BCUT2D eigenvalue weighted by molar-refractivity contribution is -0.870. The summed E-state index contributed by atoms with van der Waals surface area (Å²) < 4.78 is 34.9. The lowest BCUT2D eigenvalue weighted by Gasteiger charge is -2.24. The first-order chi connectivity index (χ1) is 46.5. The van der Waals surface area contributed by atoms with Crippen molar-refractivity contribution < 1.29 is 42.1 Å². The van der Waals surface area contributed by atoms with Gasteiger partial charge in [0.1, 0.15) is 19.8 Å². The van der Waals surface area contributed by atoms with E-state index in [0.29, 0.717) is 17.4 Å². The summed E-state index contributed by atoms with van der Waals surface area (Å²) in [4.78, 5) is 36.0.